The van der Waals surface area contributed by atoms with Crippen molar-refractivity contribution in [3.63, 3.8) is 0 Å². The highest BCUT2D eigenvalue weighted by Gasteiger charge is 2.25. The summed E-state index contributed by atoms with van der Waals surface area (Å²) in [5.74, 6) is 4.62. The van der Waals surface area contributed by atoms with Crippen LogP contribution >= 0.6 is 0 Å². The quantitative estimate of drug-likeness (QED) is 0.683. The lowest BCUT2D eigenvalue weighted by Gasteiger charge is -2.33. The molecule has 1 aliphatic carbocycles. The molecular weight excluding hydrogens is 182 g/mol. The Hall–Kier alpha value is -0.480. The maximum Gasteiger partial charge on any atom is 0.0243 e. The largest absolute Gasteiger partial charge is 0.313 e. The van der Waals surface area contributed by atoms with Gasteiger partial charge in [-0.05, 0) is 31.2 Å². The summed E-state index contributed by atoms with van der Waals surface area (Å²) < 4.78 is 0. The zero-order valence-corrected chi connectivity index (χ0v) is 10.3. The molecule has 1 nitrogen and oxygen atoms in total. The van der Waals surface area contributed by atoms with Gasteiger partial charge in [-0.3, -0.25) is 0 Å². The van der Waals surface area contributed by atoms with E-state index in [4.69, 9.17) is 6.42 Å². The number of rotatable bonds is 5. The molecule has 0 aromatic rings. The minimum Gasteiger partial charge on any atom is -0.313 e. The molecule has 1 N–H and O–H groups in total. The van der Waals surface area contributed by atoms with Crippen molar-refractivity contribution in [1.82, 2.24) is 5.32 Å². The van der Waals surface area contributed by atoms with Crippen LogP contribution in [0.4, 0.5) is 0 Å². The van der Waals surface area contributed by atoms with Gasteiger partial charge in [-0.2, -0.15) is 0 Å². The first-order chi connectivity index (χ1) is 7.31. The molecule has 0 bridgehead atoms. The lowest BCUT2D eigenvalue weighted by atomic mass is 9.77. The summed E-state index contributed by atoms with van der Waals surface area (Å²) in [4.78, 5) is 0. The van der Waals surface area contributed by atoms with Gasteiger partial charge in [-0.15, -0.1) is 12.3 Å². The smallest absolute Gasteiger partial charge is 0.0243 e. The average molecular weight is 207 g/mol. The Bertz CT molecular complexity index is 196. The van der Waals surface area contributed by atoms with Gasteiger partial charge >= 0.3 is 0 Å². The molecule has 0 amide bonds. The monoisotopic (exact) mass is 207 g/mol. The molecule has 1 rings (SSSR count). The summed E-state index contributed by atoms with van der Waals surface area (Å²) in [6.07, 6.45) is 13.2. The minimum absolute atomic E-state index is 0.567. The molecule has 1 atom stereocenters. The standard InChI is InChI=1S/C14H25N/c1-4-7-14(15-6-3)13-10-8-12(5-2)9-11-13/h1,12-15H,5-11H2,2-3H3. The zero-order valence-electron chi connectivity index (χ0n) is 10.3. The maximum atomic E-state index is 5.43. The number of hydrogen-bond acceptors (Lipinski definition) is 1. The lowest BCUT2D eigenvalue weighted by Crippen LogP contribution is -2.37. The van der Waals surface area contributed by atoms with Crippen LogP contribution in [-0.2, 0) is 0 Å². The summed E-state index contributed by atoms with van der Waals surface area (Å²) in [6, 6.07) is 0.567. The molecule has 1 aliphatic rings. The minimum atomic E-state index is 0.567. The zero-order chi connectivity index (χ0) is 11.1. The van der Waals surface area contributed by atoms with E-state index in [0.717, 1.165) is 24.8 Å². The van der Waals surface area contributed by atoms with Crippen molar-refractivity contribution in [3.8, 4) is 12.3 Å². The molecule has 86 valence electrons. The predicted octanol–water partition coefficient (Wildman–Crippen LogP) is 3.20. The predicted molar refractivity (Wildman–Crippen MR) is 66.7 cm³/mol. The van der Waals surface area contributed by atoms with Crippen LogP contribution in [0.2, 0.25) is 0 Å². The second-order valence-electron chi connectivity index (χ2n) is 4.76. The molecule has 0 aromatic heterocycles. The van der Waals surface area contributed by atoms with Crippen LogP contribution in [0.1, 0.15) is 52.4 Å². The Morgan fingerprint density at radius 1 is 1.27 bits per heavy atom. The van der Waals surface area contributed by atoms with Gasteiger partial charge in [0, 0.05) is 12.5 Å². The van der Waals surface area contributed by atoms with Gasteiger partial charge in [0.05, 0.1) is 0 Å². The molecule has 0 saturated heterocycles. The number of nitrogens with one attached hydrogen (secondary N) is 1. The van der Waals surface area contributed by atoms with Gasteiger partial charge in [0.25, 0.3) is 0 Å². The fourth-order valence-corrected chi connectivity index (χ4v) is 2.79. The van der Waals surface area contributed by atoms with Gasteiger partial charge in [0.1, 0.15) is 0 Å². The van der Waals surface area contributed by atoms with Crippen molar-refractivity contribution in [1.29, 1.82) is 0 Å². The third kappa shape index (κ3) is 3.87. The topological polar surface area (TPSA) is 12.0 Å². The van der Waals surface area contributed by atoms with Crippen molar-refractivity contribution in [3.05, 3.63) is 0 Å². The van der Waals surface area contributed by atoms with Gasteiger partial charge in [0.15, 0.2) is 0 Å². The van der Waals surface area contributed by atoms with E-state index in [0.29, 0.717) is 6.04 Å². The van der Waals surface area contributed by atoms with E-state index in [2.05, 4.69) is 25.1 Å². The lowest BCUT2D eigenvalue weighted by molar-refractivity contribution is 0.220. The summed E-state index contributed by atoms with van der Waals surface area (Å²) in [5.41, 5.74) is 0. The number of terminal acetylenes is 1. The molecule has 1 unspecified atom stereocenters. The fourth-order valence-electron chi connectivity index (χ4n) is 2.79. The second kappa shape index (κ2) is 6.90. The molecule has 0 aliphatic heterocycles. The Morgan fingerprint density at radius 2 is 1.93 bits per heavy atom. The Kier molecular flexibility index (Phi) is 5.79. The van der Waals surface area contributed by atoms with E-state index >= 15 is 0 Å². The SMILES string of the molecule is C#CCC(NCC)C1CCC(CC)CC1. The molecule has 1 saturated carbocycles. The van der Waals surface area contributed by atoms with Crippen LogP contribution in [0.5, 0.6) is 0 Å². The first-order valence-corrected chi connectivity index (χ1v) is 6.48. The molecule has 0 aromatic carbocycles. The summed E-state index contributed by atoms with van der Waals surface area (Å²) in [6.45, 7) is 5.52. The van der Waals surface area contributed by atoms with Crippen LogP contribution in [0.3, 0.4) is 0 Å². The molecule has 15 heavy (non-hydrogen) atoms. The normalized spacial score (nSPS) is 28.3. The van der Waals surface area contributed by atoms with Crippen LogP contribution in [-0.4, -0.2) is 12.6 Å². The highest BCUT2D eigenvalue weighted by Crippen LogP contribution is 2.33. The molecule has 0 heterocycles. The summed E-state index contributed by atoms with van der Waals surface area (Å²) in [7, 11) is 0. The first-order valence-electron chi connectivity index (χ1n) is 6.48. The highest BCUT2D eigenvalue weighted by atomic mass is 14.9. The van der Waals surface area contributed by atoms with Crippen LogP contribution in [0, 0.1) is 24.2 Å². The summed E-state index contributed by atoms with van der Waals surface area (Å²) >= 11 is 0. The van der Waals surface area contributed by atoms with Crippen molar-refractivity contribution in [2.24, 2.45) is 11.8 Å². The van der Waals surface area contributed by atoms with E-state index in [1.54, 1.807) is 0 Å². The van der Waals surface area contributed by atoms with Crippen molar-refractivity contribution >= 4 is 0 Å². The van der Waals surface area contributed by atoms with Gasteiger partial charge < -0.3 is 5.32 Å². The molecule has 0 radical (unpaired) electrons. The van der Waals surface area contributed by atoms with Gasteiger partial charge in [-0.25, -0.2) is 0 Å². The number of hydrogen-bond donors (Lipinski definition) is 1. The van der Waals surface area contributed by atoms with E-state index in [1.807, 2.05) is 0 Å². The van der Waals surface area contributed by atoms with E-state index in [1.165, 1.54) is 32.1 Å². The molecule has 0 spiro atoms. The summed E-state index contributed by atoms with van der Waals surface area (Å²) in [5, 5.41) is 3.54. The fraction of sp³-hybridized carbons (Fsp3) is 0.857. The van der Waals surface area contributed by atoms with Gasteiger partial charge in [-0.1, -0.05) is 33.1 Å². The maximum absolute atomic E-state index is 5.43. The Labute approximate surface area is 95.0 Å². The van der Waals surface area contributed by atoms with E-state index in [-0.39, 0.29) is 0 Å². The van der Waals surface area contributed by atoms with Crippen LogP contribution < -0.4 is 5.32 Å². The van der Waals surface area contributed by atoms with Crippen molar-refractivity contribution < 1.29 is 0 Å². The third-order valence-corrected chi connectivity index (χ3v) is 3.84. The van der Waals surface area contributed by atoms with Crippen LogP contribution in [0.15, 0.2) is 0 Å². The first kappa shape index (κ1) is 12.6. The molecule has 1 fully saturated rings. The molecular formula is C14H25N. The Balaban J connectivity index is 2.38. The van der Waals surface area contributed by atoms with Crippen molar-refractivity contribution in [2.45, 2.75) is 58.4 Å². The van der Waals surface area contributed by atoms with Gasteiger partial charge in [0.2, 0.25) is 0 Å². The average Bonchev–Trinajstić information content (AvgIpc) is 2.29. The second-order valence-corrected chi connectivity index (χ2v) is 4.76. The highest BCUT2D eigenvalue weighted by molar-refractivity contribution is 4.93. The third-order valence-electron chi connectivity index (χ3n) is 3.84. The van der Waals surface area contributed by atoms with E-state index < -0.39 is 0 Å². The van der Waals surface area contributed by atoms with Crippen molar-refractivity contribution in [2.75, 3.05) is 6.54 Å². The van der Waals surface area contributed by atoms with E-state index in [9.17, 15) is 0 Å². The molecule has 1 heteroatoms. The van der Waals surface area contributed by atoms with Crippen LogP contribution in [0.25, 0.3) is 0 Å². The Morgan fingerprint density at radius 3 is 2.40 bits per heavy atom.